The highest BCUT2D eigenvalue weighted by molar-refractivity contribution is 5.97. The molecule has 1 atom stereocenters. The number of pyridine rings is 1. The van der Waals surface area contributed by atoms with Gasteiger partial charge in [0.2, 0.25) is 5.91 Å². The maximum atomic E-state index is 13.4. The van der Waals surface area contributed by atoms with Crippen LogP contribution in [0.1, 0.15) is 66.8 Å². The van der Waals surface area contributed by atoms with Crippen molar-refractivity contribution in [2.75, 3.05) is 11.4 Å². The lowest BCUT2D eigenvalue weighted by atomic mass is 9.85. The lowest BCUT2D eigenvalue weighted by Crippen LogP contribution is -2.54. The van der Waals surface area contributed by atoms with Crippen LogP contribution in [0, 0.1) is 11.3 Å². The van der Waals surface area contributed by atoms with Gasteiger partial charge < -0.3 is 15.0 Å². The molecule has 1 saturated carbocycles. The first kappa shape index (κ1) is 24.0. The summed E-state index contributed by atoms with van der Waals surface area (Å²) >= 11 is 0. The van der Waals surface area contributed by atoms with E-state index in [2.05, 4.69) is 23.5 Å². The third-order valence-electron chi connectivity index (χ3n) is 7.27. The quantitative estimate of drug-likeness (QED) is 0.462. The Morgan fingerprint density at radius 3 is 2.53 bits per heavy atom. The Bertz CT molecular complexity index is 1210. The lowest BCUT2D eigenvalue weighted by Gasteiger charge is -2.33. The molecule has 0 radical (unpaired) electrons. The summed E-state index contributed by atoms with van der Waals surface area (Å²) in [5.41, 5.74) is 4.30. The molecule has 1 amide bonds. The van der Waals surface area contributed by atoms with Crippen molar-refractivity contribution in [2.24, 2.45) is 0 Å². The molecule has 2 aliphatic rings. The van der Waals surface area contributed by atoms with E-state index in [1.165, 1.54) is 37.7 Å². The van der Waals surface area contributed by atoms with Crippen LogP contribution >= 0.6 is 0 Å². The largest absolute Gasteiger partial charge is 0.487 e. The SMILES string of the molecule is N#Cc1ccc(N(Cc2ccc(C3CCCCC3)cn2)C(=O)C2CCN2)cc1OCc1ccccc1. The normalized spacial score (nSPS) is 17.6. The average Bonchev–Trinajstić information content (AvgIpc) is 2.91. The van der Waals surface area contributed by atoms with Crippen molar-refractivity contribution in [2.45, 2.75) is 63.6 Å². The topological polar surface area (TPSA) is 78.2 Å². The summed E-state index contributed by atoms with van der Waals surface area (Å²) < 4.78 is 6.03. The molecule has 36 heavy (non-hydrogen) atoms. The molecular weight excluding hydrogens is 448 g/mol. The molecule has 2 heterocycles. The van der Waals surface area contributed by atoms with E-state index in [4.69, 9.17) is 9.72 Å². The Balaban J connectivity index is 1.38. The zero-order chi connectivity index (χ0) is 24.7. The second-order valence-electron chi connectivity index (χ2n) is 9.70. The molecule has 1 unspecified atom stereocenters. The van der Waals surface area contributed by atoms with Crippen LogP contribution in [0.2, 0.25) is 0 Å². The van der Waals surface area contributed by atoms with E-state index in [1.807, 2.05) is 42.6 Å². The summed E-state index contributed by atoms with van der Waals surface area (Å²) in [5, 5.41) is 12.8. The maximum Gasteiger partial charge on any atom is 0.244 e. The maximum absolute atomic E-state index is 13.4. The minimum Gasteiger partial charge on any atom is -0.487 e. The Hall–Kier alpha value is -3.69. The molecule has 0 spiro atoms. The van der Waals surface area contributed by atoms with Gasteiger partial charge >= 0.3 is 0 Å². The number of anilines is 1. The van der Waals surface area contributed by atoms with Crippen molar-refractivity contribution in [3.05, 3.63) is 89.2 Å². The molecule has 6 nitrogen and oxygen atoms in total. The monoisotopic (exact) mass is 480 g/mol. The van der Waals surface area contributed by atoms with E-state index in [1.54, 1.807) is 17.0 Å². The molecular formula is C30H32N4O2. The van der Waals surface area contributed by atoms with Gasteiger partial charge in [-0.3, -0.25) is 9.78 Å². The first-order valence-corrected chi connectivity index (χ1v) is 12.9. The fourth-order valence-electron chi connectivity index (χ4n) is 4.98. The van der Waals surface area contributed by atoms with Gasteiger partial charge in [-0.1, -0.05) is 55.7 Å². The number of carbonyl (C=O) groups is 1. The standard InChI is InChI=1S/C30H32N4O2/c31-18-24-12-14-27(17-29(24)36-21-22-7-3-1-4-8-22)34(30(35)28-15-16-32-28)20-26-13-11-25(19-33-26)23-9-5-2-6-10-23/h1,3-4,7-8,11-14,17,19,23,28,32H,2,5-6,9-10,15-16,20-21H2. The van der Waals surface area contributed by atoms with Crippen molar-refractivity contribution < 1.29 is 9.53 Å². The van der Waals surface area contributed by atoms with Gasteiger partial charge in [0.05, 0.1) is 23.8 Å². The average molecular weight is 481 g/mol. The summed E-state index contributed by atoms with van der Waals surface area (Å²) in [5.74, 6) is 1.08. The predicted octanol–water partition coefficient (Wildman–Crippen LogP) is 5.48. The zero-order valence-corrected chi connectivity index (χ0v) is 20.5. The molecule has 1 N–H and O–H groups in total. The van der Waals surface area contributed by atoms with E-state index in [0.29, 0.717) is 36.1 Å². The van der Waals surface area contributed by atoms with Crippen LogP contribution < -0.4 is 15.0 Å². The van der Waals surface area contributed by atoms with Crippen LogP contribution in [-0.2, 0) is 17.9 Å². The van der Waals surface area contributed by atoms with Crippen LogP contribution in [0.25, 0.3) is 0 Å². The van der Waals surface area contributed by atoms with Crippen LogP contribution in [0.15, 0.2) is 66.9 Å². The van der Waals surface area contributed by atoms with Gasteiger partial charge in [-0.15, -0.1) is 0 Å². The van der Waals surface area contributed by atoms with Crippen LogP contribution in [0.5, 0.6) is 5.75 Å². The van der Waals surface area contributed by atoms with Gasteiger partial charge in [0.15, 0.2) is 0 Å². The molecule has 1 saturated heterocycles. The number of aromatic nitrogens is 1. The van der Waals surface area contributed by atoms with Crippen molar-refractivity contribution in [3.63, 3.8) is 0 Å². The second kappa shape index (κ2) is 11.4. The number of ether oxygens (including phenoxy) is 1. The number of nitrogens with one attached hydrogen (secondary N) is 1. The highest BCUT2D eigenvalue weighted by atomic mass is 16.5. The van der Waals surface area contributed by atoms with Gasteiger partial charge in [0, 0.05) is 18.0 Å². The molecule has 2 aromatic carbocycles. The fraction of sp³-hybridized carbons (Fsp3) is 0.367. The summed E-state index contributed by atoms with van der Waals surface area (Å²) in [7, 11) is 0. The Morgan fingerprint density at radius 2 is 1.86 bits per heavy atom. The highest BCUT2D eigenvalue weighted by Crippen LogP contribution is 2.33. The molecule has 2 fully saturated rings. The van der Waals surface area contributed by atoms with Crippen molar-refractivity contribution in [1.29, 1.82) is 5.26 Å². The van der Waals surface area contributed by atoms with Gasteiger partial charge in [0.1, 0.15) is 18.4 Å². The number of nitrogens with zero attached hydrogens (tertiary/aromatic N) is 3. The summed E-state index contributed by atoms with van der Waals surface area (Å²) in [6.07, 6.45) is 9.18. The Kier molecular flexibility index (Phi) is 7.58. The number of hydrogen-bond donors (Lipinski definition) is 1. The predicted molar refractivity (Wildman–Crippen MR) is 140 cm³/mol. The van der Waals surface area contributed by atoms with Crippen molar-refractivity contribution >= 4 is 11.6 Å². The van der Waals surface area contributed by atoms with E-state index < -0.39 is 0 Å². The Morgan fingerprint density at radius 1 is 1.06 bits per heavy atom. The first-order valence-electron chi connectivity index (χ1n) is 12.9. The lowest BCUT2D eigenvalue weighted by molar-refractivity contribution is -0.122. The number of rotatable bonds is 8. The summed E-state index contributed by atoms with van der Waals surface area (Å²) in [6, 6.07) is 21.4. The molecule has 6 heteroatoms. The van der Waals surface area contributed by atoms with Crippen molar-refractivity contribution in [3.8, 4) is 11.8 Å². The Labute approximate surface area is 212 Å². The van der Waals surface area contributed by atoms with Crippen LogP contribution in [0.4, 0.5) is 5.69 Å². The fourth-order valence-corrected chi connectivity index (χ4v) is 4.98. The van der Waals surface area contributed by atoms with E-state index in [0.717, 1.165) is 24.2 Å². The van der Waals surface area contributed by atoms with Crippen molar-refractivity contribution in [1.82, 2.24) is 10.3 Å². The van der Waals surface area contributed by atoms with Crippen LogP contribution in [-0.4, -0.2) is 23.5 Å². The van der Waals surface area contributed by atoms with E-state index in [9.17, 15) is 10.1 Å². The van der Waals surface area contributed by atoms with Crippen LogP contribution in [0.3, 0.4) is 0 Å². The van der Waals surface area contributed by atoms with E-state index in [-0.39, 0.29) is 11.9 Å². The molecule has 1 aliphatic heterocycles. The summed E-state index contributed by atoms with van der Waals surface area (Å²) in [6.45, 7) is 1.56. The van der Waals surface area contributed by atoms with Gasteiger partial charge in [-0.25, -0.2) is 0 Å². The summed E-state index contributed by atoms with van der Waals surface area (Å²) in [4.78, 5) is 19.9. The number of amides is 1. The molecule has 0 bridgehead atoms. The molecule has 1 aromatic heterocycles. The minimum atomic E-state index is -0.198. The molecule has 5 rings (SSSR count). The number of nitriles is 1. The van der Waals surface area contributed by atoms with E-state index >= 15 is 0 Å². The number of benzene rings is 2. The third-order valence-corrected chi connectivity index (χ3v) is 7.27. The second-order valence-corrected chi connectivity index (χ2v) is 9.70. The van der Waals surface area contributed by atoms with Gasteiger partial charge in [0.25, 0.3) is 0 Å². The number of carbonyl (C=O) groups excluding carboxylic acids is 1. The molecule has 3 aromatic rings. The molecule has 1 aliphatic carbocycles. The molecule has 184 valence electrons. The highest BCUT2D eigenvalue weighted by Gasteiger charge is 2.30. The minimum absolute atomic E-state index is 0.0122. The smallest absolute Gasteiger partial charge is 0.244 e. The first-order chi connectivity index (χ1) is 17.7. The third kappa shape index (κ3) is 5.58. The number of hydrogen-bond acceptors (Lipinski definition) is 5. The van der Waals surface area contributed by atoms with Gasteiger partial charge in [-0.05, 0) is 61.1 Å². The van der Waals surface area contributed by atoms with Gasteiger partial charge in [-0.2, -0.15) is 5.26 Å². The zero-order valence-electron chi connectivity index (χ0n) is 20.5.